The van der Waals surface area contributed by atoms with Crippen LogP contribution in [0.15, 0.2) is 47.4 Å². The third kappa shape index (κ3) is 4.13. The van der Waals surface area contributed by atoms with Crippen LogP contribution < -0.4 is 14.8 Å². The average Bonchev–Trinajstić information content (AvgIpc) is 2.66. The molecule has 0 spiro atoms. The van der Waals surface area contributed by atoms with E-state index in [1.807, 2.05) is 24.3 Å². The third-order valence-electron chi connectivity index (χ3n) is 4.87. The fraction of sp³-hybridized carbons (Fsp3) is 0.350. The molecule has 1 atom stereocenters. The Morgan fingerprint density at radius 1 is 1.29 bits per heavy atom. The van der Waals surface area contributed by atoms with Crippen LogP contribution in [0.25, 0.3) is 0 Å². The van der Waals surface area contributed by atoms with Crippen LogP contribution in [0.2, 0.25) is 0 Å². The number of carbonyl (C=O) groups is 1. The number of hydrogen-bond acceptors (Lipinski definition) is 5. The molecule has 0 saturated carbocycles. The fourth-order valence-electron chi connectivity index (χ4n) is 3.42. The van der Waals surface area contributed by atoms with Gasteiger partial charge in [-0.2, -0.15) is 0 Å². The van der Waals surface area contributed by atoms with Crippen LogP contribution in [0, 0.1) is 6.92 Å². The first-order valence-electron chi connectivity index (χ1n) is 9.10. The Labute approximate surface area is 165 Å². The standard InChI is InChI=1S/C20H25N3O4S/c1-4-23-13-16(27-18-8-6-5-7-17(18)23)12-22(3)20(24)15-10-9-14(2)19(11-15)28(21,25)26/h5-11,16H,4,12-13H2,1-3H3,(H2,21,25,26)/t16-/m0/s1. The van der Waals surface area contributed by atoms with Crippen molar-refractivity contribution < 1.29 is 17.9 Å². The highest BCUT2D eigenvalue weighted by Crippen LogP contribution is 2.33. The van der Waals surface area contributed by atoms with E-state index in [1.54, 1.807) is 31.0 Å². The predicted molar refractivity (Wildman–Crippen MR) is 108 cm³/mol. The number of aryl methyl sites for hydroxylation is 1. The van der Waals surface area contributed by atoms with Crippen molar-refractivity contribution in [1.29, 1.82) is 0 Å². The summed E-state index contributed by atoms with van der Waals surface area (Å²) in [5.41, 5.74) is 1.83. The molecular formula is C20H25N3O4S. The number of anilines is 1. The molecule has 0 radical (unpaired) electrons. The largest absolute Gasteiger partial charge is 0.485 e. The Morgan fingerprint density at radius 3 is 2.68 bits per heavy atom. The quantitative estimate of drug-likeness (QED) is 0.824. The van der Waals surface area contributed by atoms with Gasteiger partial charge in [-0.05, 0) is 43.7 Å². The average molecular weight is 404 g/mol. The number of carbonyl (C=O) groups excluding carboxylic acids is 1. The van der Waals surface area contributed by atoms with Crippen LogP contribution in [0.5, 0.6) is 5.75 Å². The van der Waals surface area contributed by atoms with Gasteiger partial charge in [-0.15, -0.1) is 0 Å². The Balaban J connectivity index is 1.77. The smallest absolute Gasteiger partial charge is 0.253 e. The molecule has 0 fully saturated rings. The van der Waals surface area contributed by atoms with E-state index < -0.39 is 10.0 Å². The summed E-state index contributed by atoms with van der Waals surface area (Å²) in [5.74, 6) is 0.517. The third-order valence-corrected chi connectivity index (χ3v) is 5.92. The molecule has 2 aromatic carbocycles. The predicted octanol–water partition coefficient (Wildman–Crippen LogP) is 2.00. The fourth-order valence-corrected chi connectivity index (χ4v) is 4.23. The Bertz CT molecular complexity index is 991. The van der Waals surface area contributed by atoms with Crippen LogP contribution in [0.1, 0.15) is 22.8 Å². The maximum absolute atomic E-state index is 12.8. The van der Waals surface area contributed by atoms with Crippen LogP contribution in [-0.2, 0) is 10.0 Å². The van der Waals surface area contributed by atoms with E-state index in [1.165, 1.54) is 6.07 Å². The van der Waals surface area contributed by atoms with Gasteiger partial charge in [0.15, 0.2) is 0 Å². The van der Waals surface area contributed by atoms with Gasteiger partial charge < -0.3 is 14.5 Å². The van der Waals surface area contributed by atoms with E-state index in [9.17, 15) is 13.2 Å². The van der Waals surface area contributed by atoms with E-state index in [4.69, 9.17) is 9.88 Å². The molecule has 0 aromatic heterocycles. The number of likely N-dealkylation sites (N-methyl/N-ethyl adjacent to an activating group) is 2. The summed E-state index contributed by atoms with van der Waals surface area (Å²) in [4.78, 5) is 16.6. The van der Waals surface area contributed by atoms with E-state index in [-0.39, 0.29) is 22.5 Å². The lowest BCUT2D eigenvalue weighted by atomic mass is 10.1. The number of ether oxygens (including phenoxy) is 1. The number of nitrogens with two attached hydrogens (primary N) is 1. The van der Waals surface area contributed by atoms with Crippen molar-refractivity contribution in [3.63, 3.8) is 0 Å². The van der Waals surface area contributed by atoms with Gasteiger partial charge in [-0.1, -0.05) is 18.2 Å². The first kappa shape index (κ1) is 20.2. The molecule has 8 heteroatoms. The summed E-state index contributed by atoms with van der Waals surface area (Å²) >= 11 is 0. The molecule has 0 bridgehead atoms. The maximum atomic E-state index is 12.8. The molecule has 3 rings (SSSR count). The van der Waals surface area contributed by atoms with Crippen molar-refractivity contribution in [2.75, 3.05) is 31.6 Å². The highest BCUT2D eigenvalue weighted by atomic mass is 32.2. The molecular weight excluding hydrogens is 378 g/mol. The van der Waals surface area contributed by atoms with Crippen molar-refractivity contribution in [3.8, 4) is 5.75 Å². The number of sulfonamides is 1. The molecule has 0 unspecified atom stereocenters. The molecule has 0 saturated heterocycles. The molecule has 150 valence electrons. The number of hydrogen-bond donors (Lipinski definition) is 1. The van der Waals surface area contributed by atoms with Crippen molar-refractivity contribution in [2.45, 2.75) is 24.8 Å². The lowest BCUT2D eigenvalue weighted by Crippen LogP contribution is -2.46. The second-order valence-electron chi connectivity index (χ2n) is 6.96. The van der Waals surface area contributed by atoms with Gasteiger partial charge >= 0.3 is 0 Å². The maximum Gasteiger partial charge on any atom is 0.253 e. The van der Waals surface area contributed by atoms with Gasteiger partial charge in [0.05, 0.1) is 23.7 Å². The first-order chi connectivity index (χ1) is 13.2. The van der Waals surface area contributed by atoms with Crippen LogP contribution >= 0.6 is 0 Å². The monoisotopic (exact) mass is 403 g/mol. The van der Waals surface area contributed by atoms with Crippen molar-refractivity contribution in [2.24, 2.45) is 5.14 Å². The summed E-state index contributed by atoms with van der Waals surface area (Å²) in [6, 6.07) is 12.4. The number of para-hydroxylation sites is 2. The van der Waals surface area contributed by atoms with E-state index in [2.05, 4.69) is 11.8 Å². The topological polar surface area (TPSA) is 92.9 Å². The van der Waals surface area contributed by atoms with Crippen LogP contribution in [0.4, 0.5) is 5.69 Å². The van der Waals surface area contributed by atoms with Crippen molar-refractivity contribution in [1.82, 2.24) is 4.90 Å². The van der Waals surface area contributed by atoms with Crippen LogP contribution in [0.3, 0.4) is 0 Å². The Kier molecular flexibility index (Phi) is 5.62. The zero-order valence-electron chi connectivity index (χ0n) is 16.3. The van der Waals surface area contributed by atoms with E-state index >= 15 is 0 Å². The molecule has 2 aromatic rings. The van der Waals surface area contributed by atoms with Gasteiger partial charge in [0.2, 0.25) is 10.0 Å². The zero-order chi connectivity index (χ0) is 20.5. The summed E-state index contributed by atoms with van der Waals surface area (Å²) in [5, 5.41) is 5.25. The number of nitrogens with zero attached hydrogens (tertiary/aromatic N) is 2. The second kappa shape index (κ2) is 7.81. The number of rotatable bonds is 5. The van der Waals surface area contributed by atoms with E-state index in [0.29, 0.717) is 18.7 Å². The van der Waals surface area contributed by atoms with Gasteiger partial charge in [-0.25, -0.2) is 13.6 Å². The summed E-state index contributed by atoms with van der Waals surface area (Å²) in [6.45, 7) is 5.60. The molecule has 7 nitrogen and oxygen atoms in total. The first-order valence-corrected chi connectivity index (χ1v) is 10.6. The Morgan fingerprint density at radius 2 is 2.00 bits per heavy atom. The zero-order valence-corrected chi connectivity index (χ0v) is 17.1. The Hall–Kier alpha value is -2.58. The molecule has 1 aliphatic heterocycles. The minimum absolute atomic E-state index is 0.0354. The van der Waals surface area contributed by atoms with E-state index in [0.717, 1.165) is 18.0 Å². The van der Waals surface area contributed by atoms with Gasteiger partial charge in [0.25, 0.3) is 5.91 Å². The highest BCUT2D eigenvalue weighted by molar-refractivity contribution is 7.89. The lowest BCUT2D eigenvalue weighted by molar-refractivity contribution is 0.0709. The molecule has 1 amide bonds. The minimum atomic E-state index is -3.89. The van der Waals surface area contributed by atoms with Gasteiger partial charge in [0, 0.05) is 19.2 Å². The lowest BCUT2D eigenvalue weighted by Gasteiger charge is -2.37. The van der Waals surface area contributed by atoms with Gasteiger partial charge in [-0.3, -0.25) is 4.79 Å². The van der Waals surface area contributed by atoms with Gasteiger partial charge in [0.1, 0.15) is 11.9 Å². The summed E-state index contributed by atoms with van der Waals surface area (Å²) in [7, 11) is -2.21. The summed E-state index contributed by atoms with van der Waals surface area (Å²) < 4.78 is 29.5. The minimum Gasteiger partial charge on any atom is -0.485 e. The van der Waals surface area contributed by atoms with Crippen molar-refractivity contribution in [3.05, 3.63) is 53.6 Å². The number of fused-ring (bicyclic) bond motifs is 1. The molecule has 28 heavy (non-hydrogen) atoms. The SMILES string of the molecule is CCN1C[C@H](CN(C)C(=O)c2ccc(C)c(S(N)(=O)=O)c2)Oc2ccccc21. The van der Waals surface area contributed by atoms with Crippen LogP contribution in [-0.4, -0.2) is 52.0 Å². The van der Waals surface area contributed by atoms with Crippen molar-refractivity contribution >= 4 is 21.6 Å². The normalized spacial score (nSPS) is 16.3. The summed E-state index contributed by atoms with van der Waals surface area (Å²) in [6.07, 6.45) is -0.188. The second-order valence-corrected chi connectivity index (χ2v) is 8.49. The molecule has 1 heterocycles. The highest BCUT2D eigenvalue weighted by Gasteiger charge is 2.27. The number of benzene rings is 2. The molecule has 1 aliphatic rings. The molecule has 0 aliphatic carbocycles. The number of primary sulfonamides is 1. The number of amides is 1. The molecule has 2 N–H and O–H groups in total.